The quantitative estimate of drug-likeness (QED) is 0.897. The summed E-state index contributed by atoms with van der Waals surface area (Å²) in [6.45, 7) is 2.96. The molecule has 0 spiro atoms. The first kappa shape index (κ1) is 13.4. The third-order valence-electron chi connectivity index (χ3n) is 4.18. The van der Waals surface area contributed by atoms with Crippen LogP contribution in [0.5, 0.6) is 0 Å². The number of aliphatic hydroxyl groups is 1. The lowest BCUT2D eigenvalue weighted by atomic mass is 9.87. The lowest BCUT2D eigenvalue weighted by Crippen LogP contribution is -2.25. The lowest BCUT2D eigenvalue weighted by molar-refractivity contribution is 0.105. The molecule has 1 aromatic carbocycles. The number of hydrogen-bond donors (Lipinski definition) is 2. The predicted octanol–water partition coefficient (Wildman–Crippen LogP) is 3.51. The van der Waals surface area contributed by atoms with Crippen LogP contribution in [-0.2, 0) is 0 Å². The molecule has 0 amide bonds. The Hall–Kier alpha value is -1.61. The summed E-state index contributed by atoms with van der Waals surface area (Å²) >= 11 is 0. The van der Waals surface area contributed by atoms with E-state index in [1.54, 1.807) is 0 Å². The molecule has 1 aromatic heterocycles. The van der Waals surface area contributed by atoms with E-state index >= 15 is 0 Å². The number of rotatable bonds is 3. The van der Waals surface area contributed by atoms with Crippen molar-refractivity contribution in [2.24, 2.45) is 5.92 Å². The minimum absolute atomic E-state index is 0.105. The van der Waals surface area contributed by atoms with E-state index in [0.717, 1.165) is 42.7 Å². The molecule has 2 N–H and O–H groups in total. The summed E-state index contributed by atoms with van der Waals surface area (Å²) in [4.78, 5) is 4.56. The number of hydrogen-bond acceptors (Lipinski definition) is 3. The van der Waals surface area contributed by atoms with Crippen molar-refractivity contribution in [2.75, 3.05) is 11.9 Å². The zero-order valence-electron chi connectivity index (χ0n) is 12.0. The van der Waals surface area contributed by atoms with Gasteiger partial charge in [0.25, 0.3) is 0 Å². The van der Waals surface area contributed by atoms with E-state index in [9.17, 15) is 5.11 Å². The molecule has 0 aliphatic heterocycles. The molecule has 1 aliphatic carbocycles. The van der Waals surface area contributed by atoms with Crippen LogP contribution < -0.4 is 5.32 Å². The van der Waals surface area contributed by atoms with Crippen LogP contribution in [0.15, 0.2) is 30.3 Å². The van der Waals surface area contributed by atoms with Crippen molar-refractivity contribution >= 4 is 16.6 Å². The number of nitrogens with one attached hydrogen (secondary N) is 1. The van der Waals surface area contributed by atoms with Crippen molar-refractivity contribution in [1.29, 1.82) is 0 Å². The van der Waals surface area contributed by atoms with E-state index in [0.29, 0.717) is 5.92 Å². The number of aromatic nitrogens is 1. The maximum absolute atomic E-state index is 9.75. The summed E-state index contributed by atoms with van der Waals surface area (Å²) in [5.74, 6) is 0.575. The van der Waals surface area contributed by atoms with Gasteiger partial charge in [-0.3, -0.25) is 4.98 Å². The molecule has 106 valence electrons. The highest BCUT2D eigenvalue weighted by molar-refractivity contribution is 5.91. The molecule has 1 fully saturated rings. The number of fused-ring (bicyclic) bond motifs is 1. The van der Waals surface area contributed by atoms with Gasteiger partial charge in [0.1, 0.15) is 0 Å². The number of aryl methyl sites for hydroxylation is 1. The predicted molar refractivity (Wildman–Crippen MR) is 82.9 cm³/mol. The maximum atomic E-state index is 9.75. The fourth-order valence-corrected chi connectivity index (χ4v) is 3.16. The lowest BCUT2D eigenvalue weighted by Gasteiger charge is -2.26. The third kappa shape index (κ3) is 2.93. The molecule has 1 aliphatic rings. The van der Waals surface area contributed by atoms with Gasteiger partial charge < -0.3 is 10.4 Å². The Balaban J connectivity index is 1.77. The van der Waals surface area contributed by atoms with Gasteiger partial charge in [0.15, 0.2) is 0 Å². The Bertz CT molecular complexity index is 597. The number of benzene rings is 1. The van der Waals surface area contributed by atoms with Gasteiger partial charge in [0.2, 0.25) is 0 Å². The Kier molecular flexibility index (Phi) is 3.88. The fraction of sp³-hybridized carbons (Fsp3) is 0.471. The first-order chi connectivity index (χ1) is 9.72. The van der Waals surface area contributed by atoms with E-state index in [1.807, 2.05) is 13.0 Å². The van der Waals surface area contributed by atoms with Crippen LogP contribution >= 0.6 is 0 Å². The summed E-state index contributed by atoms with van der Waals surface area (Å²) in [6, 6.07) is 10.4. The monoisotopic (exact) mass is 270 g/mol. The molecular weight excluding hydrogens is 248 g/mol. The second-order valence-electron chi connectivity index (χ2n) is 5.90. The number of pyridine rings is 1. The van der Waals surface area contributed by atoms with E-state index < -0.39 is 0 Å². The van der Waals surface area contributed by atoms with Crippen molar-refractivity contribution in [3.05, 3.63) is 36.0 Å². The minimum Gasteiger partial charge on any atom is -0.393 e. The van der Waals surface area contributed by atoms with Crippen molar-refractivity contribution in [1.82, 2.24) is 4.98 Å². The van der Waals surface area contributed by atoms with Crippen LogP contribution in [0.25, 0.3) is 10.9 Å². The summed E-state index contributed by atoms with van der Waals surface area (Å²) in [7, 11) is 0. The number of anilines is 1. The molecule has 3 heteroatoms. The van der Waals surface area contributed by atoms with Gasteiger partial charge >= 0.3 is 0 Å². The molecular formula is C17H22N2O. The SMILES string of the molecule is Cc1cc(NCC2CCCC(O)C2)c2ccccc2n1. The average Bonchev–Trinajstić information content (AvgIpc) is 2.44. The van der Waals surface area contributed by atoms with Gasteiger partial charge in [-0.2, -0.15) is 0 Å². The molecule has 3 nitrogen and oxygen atoms in total. The molecule has 1 saturated carbocycles. The molecule has 2 atom stereocenters. The highest BCUT2D eigenvalue weighted by atomic mass is 16.3. The van der Waals surface area contributed by atoms with Crippen LogP contribution in [0.3, 0.4) is 0 Å². The topological polar surface area (TPSA) is 45.1 Å². The van der Waals surface area contributed by atoms with E-state index in [1.165, 1.54) is 11.8 Å². The Morgan fingerprint density at radius 3 is 3.00 bits per heavy atom. The van der Waals surface area contributed by atoms with Gasteiger partial charge in [0.05, 0.1) is 11.6 Å². The molecule has 2 aromatic rings. The molecule has 0 bridgehead atoms. The van der Waals surface area contributed by atoms with Crippen LogP contribution in [0.2, 0.25) is 0 Å². The van der Waals surface area contributed by atoms with Gasteiger partial charge in [-0.25, -0.2) is 0 Å². The Morgan fingerprint density at radius 2 is 2.15 bits per heavy atom. The second kappa shape index (κ2) is 5.80. The van der Waals surface area contributed by atoms with E-state index in [4.69, 9.17) is 0 Å². The van der Waals surface area contributed by atoms with Gasteiger partial charge in [-0.1, -0.05) is 24.6 Å². The molecule has 3 rings (SSSR count). The van der Waals surface area contributed by atoms with Crippen LogP contribution in [0, 0.1) is 12.8 Å². The molecule has 1 heterocycles. The Morgan fingerprint density at radius 1 is 1.30 bits per heavy atom. The first-order valence-corrected chi connectivity index (χ1v) is 7.50. The molecule has 0 saturated heterocycles. The van der Waals surface area contributed by atoms with Crippen molar-refractivity contribution in [3.63, 3.8) is 0 Å². The summed E-state index contributed by atoms with van der Waals surface area (Å²) < 4.78 is 0. The van der Waals surface area contributed by atoms with Crippen LogP contribution in [0.4, 0.5) is 5.69 Å². The standard InChI is InChI=1S/C17H22N2O/c1-12-9-17(15-7-2-3-8-16(15)19-12)18-11-13-5-4-6-14(20)10-13/h2-3,7-9,13-14,20H,4-6,10-11H2,1H3,(H,18,19). The smallest absolute Gasteiger partial charge is 0.0725 e. The molecule has 2 unspecified atom stereocenters. The number of aliphatic hydroxyl groups excluding tert-OH is 1. The zero-order valence-corrected chi connectivity index (χ0v) is 12.0. The summed E-state index contributed by atoms with van der Waals surface area (Å²) in [6.07, 6.45) is 4.14. The Labute approximate surface area is 120 Å². The highest BCUT2D eigenvalue weighted by Crippen LogP contribution is 2.27. The first-order valence-electron chi connectivity index (χ1n) is 7.50. The van der Waals surface area contributed by atoms with E-state index in [2.05, 4.69) is 34.6 Å². The van der Waals surface area contributed by atoms with Crippen molar-refractivity contribution in [3.8, 4) is 0 Å². The fourth-order valence-electron chi connectivity index (χ4n) is 3.16. The summed E-state index contributed by atoms with van der Waals surface area (Å²) in [5, 5.41) is 14.5. The largest absolute Gasteiger partial charge is 0.393 e. The van der Waals surface area contributed by atoms with Crippen LogP contribution in [0.1, 0.15) is 31.4 Å². The number of para-hydroxylation sites is 1. The van der Waals surface area contributed by atoms with Crippen molar-refractivity contribution in [2.45, 2.75) is 38.7 Å². The van der Waals surface area contributed by atoms with Crippen molar-refractivity contribution < 1.29 is 5.11 Å². The average molecular weight is 270 g/mol. The molecule has 0 radical (unpaired) electrons. The van der Waals surface area contributed by atoms with Crippen LogP contribution in [-0.4, -0.2) is 22.7 Å². The van der Waals surface area contributed by atoms with Gasteiger partial charge in [-0.05, 0) is 44.2 Å². The summed E-state index contributed by atoms with van der Waals surface area (Å²) in [5.41, 5.74) is 3.24. The molecule has 20 heavy (non-hydrogen) atoms. The minimum atomic E-state index is -0.105. The van der Waals surface area contributed by atoms with Gasteiger partial charge in [-0.15, -0.1) is 0 Å². The maximum Gasteiger partial charge on any atom is 0.0725 e. The number of nitrogens with zero attached hydrogens (tertiary/aromatic N) is 1. The van der Waals surface area contributed by atoms with E-state index in [-0.39, 0.29) is 6.10 Å². The highest BCUT2D eigenvalue weighted by Gasteiger charge is 2.20. The van der Waals surface area contributed by atoms with Gasteiger partial charge in [0, 0.05) is 23.3 Å². The zero-order chi connectivity index (χ0) is 13.9. The second-order valence-corrected chi connectivity index (χ2v) is 5.90. The third-order valence-corrected chi connectivity index (χ3v) is 4.18. The normalized spacial score (nSPS) is 22.9.